The Morgan fingerprint density at radius 3 is 1.81 bits per heavy atom. The largest absolute Gasteiger partial charge is 0.394 e. The first-order valence-electron chi connectivity index (χ1n) is 15.1. The van der Waals surface area contributed by atoms with Crippen molar-refractivity contribution < 1.29 is 104 Å². The van der Waals surface area contributed by atoms with Gasteiger partial charge in [-0.1, -0.05) is 0 Å². The van der Waals surface area contributed by atoms with Gasteiger partial charge in [0.2, 0.25) is 5.91 Å². The summed E-state index contributed by atoms with van der Waals surface area (Å²) in [6.07, 6.45) is -32.9. The number of hydrogen-bond donors (Lipinski definition) is 14. The molecule has 4 heterocycles. The standard InChI is InChI=1S/C26H45NO21/c1-6(31)27-11-14(35)21(47-26-18(39)16(37)20(46-26)7(32)2-28)10(43-23(11)41)5-42-24-19(40)22(13(34)9(4-30)44-24)48-25-17(38)15(36)12(33)8(3-29)45-25/h7-26,28-30,32-41H,2-5H2,1H3,(H,27,31)/t7-,8-,9-,10-,11-,12+,13+,14-,15+,16-,17-,18-,19-,20+,21-,22+,23+,24-,25+,26+/m1/s1. The van der Waals surface area contributed by atoms with Crippen molar-refractivity contribution in [1.82, 2.24) is 5.32 Å². The summed E-state index contributed by atoms with van der Waals surface area (Å²) in [5.41, 5.74) is 0. The van der Waals surface area contributed by atoms with Gasteiger partial charge in [-0.25, -0.2) is 0 Å². The molecular formula is C26H45NO21. The number of carbonyl (C=O) groups excluding carboxylic acids is 1. The lowest BCUT2D eigenvalue weighted by molar-refractivity contribution is -0.365. The number of aliphatic hydroxyl groups is 13. The number of nitrogens with one attached hydrogen (secondary N) is 1. The Morgan fingerprint density at radius 2 is 1.21 bits per heavy atom. The van der Waals surface area contributed by atoms with Crippen molar-refractivity contribution in [2.75, 3.05) is 26.4 Å². The first-order chi connectivity index (χ1) is 22.6. The molecule has 0 saturated carbocycles. The van der Waals surface area contributed by atoms with Crippen LogP contribution in [0.4, 0.5) is 0 Å². The third-order valence-electron chi connectivity index (χ3n) is 8.56. The number of rotatable bonds is 12. The lowest BCUT2D eigenvalue weighted by Crippen LogP contribution is -2.66. The molecule has 22 heteroatoms. The monoisotopic (exact) mass is 707 g/mol. The van der Waals surface area contributed by atoms with Crippen molar-refractivity contribution in [2.24, 2.45) is 0 Å². The zero-order valence-electron chi connectivity index (χ0n) is 25.5. The van der Waals surface area contributed by atoms with Crippen LogP contribution >= 0.6 is 0 Å². The van der Waals surface area contributed by atoms with Crippen LogP contribution in [0.5, 0.6) is 0 Å². The van der Waals surface area contributed by atoms with E-state index in [0.29, 0.717) is 0 Å². The molecular weight excluding hydrogens is 662 g/mol. The van der Waals surface area contributed by atoms with E-state index in [1.165, 1.54) is 0 Å². The van der Waals surface area contributed by atoms with Gasteiger partial charge >= 0.3 is 0 Å². The predicted molar refractivity (Wildman–Crippen MR) is 145 cm³/mol. The highest BCUT2D eigenvalue weighted by Gasteiger charge is 2.54. The molecule has 0 bridgehead atoms. The van der Waals surface area contributed by atoms with Crippen molar-refractivity contribution in [2.45, 2.75) is 130 Å². The summed E-state index contributed by atoms with van der Waals surface area (Å²) in [6.45, 7) is -2.16. The van der Waals surface area contributed by atoms with Gasteiger partial charge in [-0.3, -0.25) is 4.79 Å². The van der Waals surface area contributed by atoms with Gasteiger partial charge in [-0.15, -0.1) is 0 Å². The van der Waals surface area contributed by atoms with E-state index in [0.717, 1.165) is 6.92 Å². The van der Waals surface area contributed by atoms with Gasteiger partial charge in [0.25, 0.3) is 0 Å². The molecule has 4 aliphatic heterocycles. The van der Waals surface area contributed by atoms with Crippen LogP contribution in [0, 0.1) is 0 Å². The Balaban J connectivity index is 1.51. The molecule has 48 heavy (non-hydrogen) atoms. The normalized spacial score (nSPS) is 49.1. The quantitative estimate of drug-likeness (QED) is 0.0895. The summed E-state index contributed by atoms with van der Waals surface area (Å²) in [4.78, 5) is 11.7. The van der Waals surface area contributed by atoms with E-state index in [1.807, 2.05) is 0 Å². The fourth-order valence-electron chi connectivity index (χ4n) is 5.86. The Morgan fingerprint density at radius 1 is 0.646 bits per heavy atom. The summed E-state index contributed by atoms with van der Waals surface area (Å²) >= 11 is 0. The van der Waals surface area contributed by atoms with Crippen LogP contribution in [-0.4, -0.2) is 221 Å². The number of aliphatic hydroxyl groups excluding tert-OH is 13. The average molecular weight is 708 g/mol. The van der Waals surface area contributed by atoms with Crippen molar-refractivity contribution in [1.29, 1.82) is 0 Å². The van der Waals surface area contributed by atoms with Crippen LogP contribution in [-0.2, 0) is 38.0 Å². The zero-order valence-corrected chi connectivity index (χ0v) is 25.5. The smallest absolute Gasteiger partial charge is 0.217 e. The molecule has 0 aromatic rings. The summed E-state index contributed by atoms with van der Waals surface area (Å²) in [7, 11) is 0. The summed E-state index contributed by atoms with van der Waals surface area (Å²) < 4.78 is 38.4. The molecule has 4 saturated heterocycles. The highest BCUT2D eigenvalue weighted by Crippen LogP contribution is 2.33. The SMILES string of the molecule is CC(=O)N[C@@H]1[C@@H](O)[C@H](O[C@@H]2O[C@@H]([C@H](O)CO)[C@H](O)[C@H]2O)[C@@H](CO[C@@H]2O[C@H](CO)[C@H](O)[C@H](O[C@@H]3O[C@H](CO)[C@H](O)[C@H](O)[C@H]3O)[C@H]2O)O[C@@H]1O. The second-order valence-corrected chi connectivity index (χ2v) is 11.9. The Labute approximate surface area is 272 Å². The molecule has 0 aliphatic carbocycles. The van der Waals surface area contributed by atoms with Crippen LogP contribution < -0.4 is 5.32 Å². The van der Waals surface area contributed by atoms with E-state index in [4.69, 9.17) is 33.2 Å². The van der Waals surface area contributed by atoms with Crippen LogP contribution in [0.25, 0.3) is 0 Å². The Bertz CT molecular complexity index is 1030. The van der Waals surface area contributed by atoms with Crippen molar-refractivity contribution in [3.63, 3.8) is 0 Å². The van der Waals surface area contributed by atoms with Crippen molar-refractivity contribution in [3.8, 4) is 0 Å². The average Bonchev–Trinajstić information content (AvgIpc) is 3.34. The maximum Gasteiger partial charge on any atom is 0.217 e. The fraction of sp³-hybridized carbons (Fsp3) is 0.962. The predicted octanol–water partition coefficient (Wildman–Crippen LogP) is -9.61. The molecule has 0 unspecified atom stereocenters. The zero-order chi connectivity index (χ0) is 35.6. The van der Waals surface area contributed by atoms with E-state index < -0.39 is 155 Å². The molecule has 0 radical (unpaired) electrons. The van der Waals surface area contributed by atoms with Gasteiger partial charge in [0, 0.05) is 6.92 Å². The van der Waals surface area contributed by atoms with Crippen LogP contribution in [0.2, 0.25) is 0 Å². The molecule has 14 N–H and O–H groups in total. The first-order valence-corrected chi connectivity index (χ1v) is 15.1. The number of ether oxygens (including phenoxy) is 7. The van der Waals surface area contributed by atoms with Crippen LogP contribution in [0.15, 0.2) is 0 Å². The summed E-state index contributed by atoms with van der Waals surface area (Å²) in [6, 6.07) is -1.51. The highest BCUT2D eigenvalue weighted by atomic mass is 16.8. The minimum atomic E-state index is -1.95. The van der Waals surface area contributed by atoms with E-state index in [9.17, 15) is 71.2 Å². The molecule has 4 fully saturated rings. The van der Waals surface area contributed by atoms with E-state index in [1.54, 1.807) is 0 Å². The van der Waals surface area contributed by atoms with Crippen LogP contribution in [0.1, 0.15) is 6.92 Å². The summed E-state index contributed by atoms with van der Waals surface area (Å²) in [5, 5.41) is 135. The van der Waals surface area contributed by atoms with Crippen molar-refractivity contribution >= 4 is 5.91 Å². The molecule has 0 aromatic carbocycles. The molecule has 4 aliphatic rings. The second-order valence-electron chi connectivity index (χ2n) is 11.9. The van der Waals surface area contributed by atoms with Gasteiger partial charge in [-0.2, -0.15) is 0 Å². The third-order valence-corrected chi connectivity index (χ3v) is 8.56. The first kappa shape index (κ1) is 39.5. The molecule has 0 spiro atoms. The van der Waals surface area contributed by atoms with Gasteiger partial charge in [0.05, 0.1) is 26.4 Å². The minimum Gasteiger partial charge on any atom is -0.394 e. The van der Waals surface area contributed by atoms with Gasteiger partial charge < -0.3 is 105 Å². The van der Waals surface area contributed by atoms with Gasteiger partial charge in [0.1, 0.15) is 97.6 Å². The maximum absolute atomic E-state index is 11.7. The highest BCUT2D eigenvalue weighted by molar-refractivity contribution is 5.73. The molecule has 4 rings (SSSR count). The molecule has 20 atom stereocenters. The molecule has 0 aromatic heterocycles. The van der Waals surface area contributed by atoms with Crippen LogP contribution in [0.3, 0.4) is 0 Å². The topological polar surface area (TPSA) is 357 Å². The fourth-order valence-corrected chi connectivity index (χ4v) is 5.86. The van der Waals surface area contributed by atoms with E-state index >= 15 is 0 Å². The second kappa shape index (κ2) is 16.8. The number of hydrogen-bond acceptors (Lipinski definition) is 21. The lowest BCUT2D eigenvalue weighted by atomic mass is 9.96. The number of amides is 1. The lowest BCUT2D eigenvalue weighted by Gasteiger charge is -2.47. The third kappa shape index (κ3) is 8.24. The van der Waals surface area contributed by atoms with E-state index in [2.05, 4.69) is 5.32 Å². The summed E-state index contributed by atoms with van der Waals surface area (Å²) in [5.74, 6) is -0.688. The van der Waals surface area contributed by atoms with Gasteiger partial charge in [-0.05, 0) is 0 Å². The van der Waals surface area contributed by atoms with Gasteiger partial charge in [0.15, 0.2) is 25.2 Å². The molecule has 1 amide bonds. The number of carbonyl (C=O) groups is 1. The van der Waals surface area contributed by atoms with Crippen molar-refractivity contribution in [3.05, 3.63) is 0 Å². The van der Waals surface area contributed by atoms with E-state index in [-0.39, 0.29) is 0 Å². The minimum absolute atomic E-state index is 0.688. The maximum atomic E-state index is 11.7. The molecule has 22 nitrogen and oxygen atoms in total. The molecule has 280 valence electrons. The Kier molecular flexibility index (Phi) is 13.8. The Hall–Kier alpha value is -1.33.